The van der Waals surface area contributed by atoms with Crippen LogP contribution in [0, 0.1) is 11.6 Å². The van der Waals surface area contributed by atoms with Crippen molar-refractivity contribution in [3.63, 3.8) is 0 Å². The summed E-state index contributed by atoms with van der Waals surface area (Å²) in [7, 11) is 3.54. The van der Waals surface area contributed by atoms with Gasteiger partial charge < -0.3 is 15.2 Å². The van der Waals surface area contributed by atoms with Gasteiger partial charge in [-0.05, 0) is 33.2 Å². The first kappa shape index (κ1) is 17.3. The molecule has 0 saturated carbocycles. The van der Waals surface area contributed by atoms with Crippen LogP contribution in [0.15, 0.2) is 18.2 Å². The van der Waals surface area contributed by atoms with Crippen LogP contribution in [0.1, 0.15) is 6.92 Å². The number of aliphatic hydroxyl groups excluding tert-OH is 1. The van der Waals surface area contributed by atoms with Gasteiger partial charge in [-0.25, -0.2) is 8.78 Å². The van der Waals surface area contributed by atoms with Crippen molar-refractivity contribution in [2.24, 2.45) is 0 Å². The normalized spacial score (nSPS) is 13.9. The van der Waals surface area contributed by atoms with E-state index in [2.05, 4.69) is 5.32 Å². The van der Waals surface area contributed by atoms with Crippen molar-refractivity contribution < 1.29 is 23.4 Å². The van der Waals surface area contributed by atoms with Crippen LogP contribution < -0.4 is 10.1 Å². The number of amides is 1. The molecule has 1 rings (SSSR count). The largest absolute Gasteiger partial charge is 0.491 e. The Kier molecular flexibility index (Phi) is 6.51. The topological polar surface area (TPSA) is 61.8 Å². The number of carbonyl (C=O) groups excluding carboxylic acids is 1. The Bertz CT molecular complexity index is 483. The predicted molar refractivity (Wildman–Crippen MR) is 74.0 cm³/mol. The van der Waals surface area contributed by atoms with E-state index in [-0.39, 0.29) is 30.9 Å². The van der Waals surface area contributed by atoms with E-state index in [1.54, 1.807) is 25.9 Å². The molecule has 0 bridgehead atoms. The van der Waals surface area contributed by atoms with Crippen LogP contribution >= 0.6 is 0 Å². The highest BCUT2D eigenvalue weighted by molar-refractivity contribution is 5.81. The number of rotatable bonds is 7. The summed E-state index contributed by atoms with van der Waals surface area (Å²) in [5.74, 6) is -2.09. The lowest BCUT2D eigenvalue weighted by molar-refractivity contribution is -0.125. The molecule has 0 saturated heterocycles. The molecule has 0 spiro atoms. The summed E-state index contributed by atoms with van der Waals surface area (Å²) < 4.78 is 30.8. The van der Waals surface area contributed by atoms with Gasteiger partial charge in [0.1, 0.15) is 18.5 Å². The minimum Gasteiger partial charge on any atom is -0.491 e. The maximum atomic E-state index is 12.9. The summed E-state index contributed by atoms with van der Waals surface area (Å²) in [4.78, 5) is 13.4. The van der Waals surface area contributed by atoms with Crippen LogP contribution in [0.2, 0.25) is 0 Å². The first-order chi connectivity index (χ1) is 9.81. The van der Waals surface area contributed by atoms with E-state index in [9.17, 15) is 18.7 Å². The number of likely N-dealkylation sites (N-methyl/N-ethyl adjacent to an activating group) is 1. The van der Waals surface area contributed by atoms with E-state index < -0.39 is 17.7 Å². The lowest BCUT2D eigenvalue weighted by Gasteiger charge is -2.20. The van der Waals surface area contributed by atoms with Gasteiger partial charge in [0.15, 0.2) is 11.6 Å². The van der Waals surface area contributed by atoms with Crippen LogP contribution in [0.25, 0.3) is 0 Å². The third kappa shape index (κ3) is 5.65. The van der Waals surface area contributed by atoms with E-state index in [1.807, 2.05) is 0 Å². The van der Waals surface area contributed by atoms with Crippen molar-refractivity contribution in [1.82, 2.24) is 10.2 Å². The van der Waals surface area contributed by atoms with Crippen molar-refractivity contribution in [1.29, 1.82) is 0 Å². The van der Waals surface area contributed by atoms with Crippen LogP contribution in [-0.4, -0.2) is 55.3 Å². The van der Waals surface area contributed by atoms with Crippen LogP contribution in [-0.2, 0) is 4.79 Å². The van der Waals surface area contributed by atoms with Crippen molar-refractivity contribution in [2.45, 2.75) is 19.1 Å². The van der Waals surface area contributed by atoms with Gasteiger partial charge >= 0.3 is 0 Å². The predicted octanol–water partition coefficient (Wildman–Crippen LogP) is 0.771. The minimum absolute atomic E-state index is 0.0146. The van der Waals surface area contributed by atoms with E-state index in [1.165, 1.54) is 6.07 Å². The standard InChI is InChI=1S/C14H20F2N2O3/c1-9(18(2)3)14(20)17-7-10(19)8-21-11-4-5-12(15)13(16)6-11/h4-6,9-10,19H,7-8H2,1-3H3,(H,17,20)/t9-,10-/m0/s1. The molecule has 1 aromatic rings. The molecule has 0 radical (unpaired) electrons. The van der Waals surface area contributed by atoms with Crippen molar-refractivity contribution >= 4 is 5.91 Å². The van der Waals surface area contributed by atoms with Crippen LogP contribution in [0.4, 0.5) is 8.78 Å². The lowest BCUT2D eigenvalue weighted by Crippen LogP contribution is -2.44. The average Bonchev–Trinajstić information content (AvgIpc) is 2.44. The fourth-order valence-corrected chi connectivity index (χ4v) is 1.42. The third-order valence-electron chi connectivity index (χ3n) is 3.00. The number of nitrogens with zero attached hydrogens (tertiary/aromatic N) is 1. The zero-order chi connectivity index (χ0) is 16.0. The Morgan fingerprint density at radius 2 is 2.05 bits per heavy atom. The van der Waals surface area contributed by atoms with Gasteiger partial charge in [0.2, 0.25) is 5.91 Å². The number of benzene rings is 1. The maximum absolute atomic E-state index is 12.9. The molecular weight excluding hydrogens is 282 g/mol. The summed E-state index contributed by atoms with van der Waals surface area (Å²) in [5.41, 5.74) is 0. The summed E-state index contributed by atoms with van der Waals surface area (Å²) in [6.07, 6.45) is -0.948. The van der Waals surface area contributed by atoms with E-state index in [4.69, 9.17) is 4.74 Å². The lowest BCUT2D eigenvalue weighted by atomic mass is 10.3. The van der Waals surface area contributed by atoms with E-state index in [0.717, 1.165) is 12.1 Å². The molecule has 21 heavy (non-hydrogen) atoms. The summed E-state index contributed by atoms with van der Waals surface area (Å²) >= 11 is 0. The van der Waals surface area contributed by atoms with Gasteiger partial charge in [-0.1, -0.05) is 0 Å². The molecule has 7 heteroatoms. The SMILES string of the molecule is C[C@@H](C(=O)NC[C@H](O)COc1ccc(F)c(F)c1)N(C)C. The highest BCUT2D eigenvalue weighted by Gasteiger charge is 2.16. The Balaban J connectivity index is 2.35. The zero-order valence-electron chi connectivity index (χ0n) is 12.3. The molecule has 0 aliphatic heterocycles. The number of hydrogen-bond acceptors (Lipinski definition) is 4. The van der Waals surface area contributed by atoms with Gasteiger partial charge in [-0.15, -0.1) is 0 Å². The third-order valence-corrected chi connectivity index (χ3v) is 3.00. The number of aliphatic hydroxyl groups is 1. The van der Waals surface area contributed by atoms with Gasteiger partial charge in [-0.2, -0.15) is 0 Å². The van der Waals surface area contributed by atoms with E-state index >= 15 is 0 Å². The van der Waals surface area contributed by atoms with Crippen LogP contribution in [0.5, 0.6) is 5.75 Å². The summed E-state index contributed by atoms with van der Waals surface area (Å²) in [6, 6.07) is 2.79. The molecule has 1 amide bonds. The molecule has 0 aliphatic carbocycles. The second-order valence-electron chi connectivity index (χ2n) is 4.93. The van der Waals surface area contributed by atoms with Crippen LogP contribution in [0.3, 0.4) is 0 Å². The Morgan fingerprint density at radius 3 is 2.62 bits per heavy atom. The van der Waals surface area contributed by atoms with E-state index in [0.29, 0.717) is 0 Å². The van der Waals surface area contributed by atoms with Crippen molar-refractivity contribution in [3.05, 3.63) is 29.8 Å². The number of halogens is 2. The second kappa shape index (κ2) is 7.90. The Morgan fingerprint density at radius 1 is 1.38 bits per heavy atom. The highest BCUT2D eigenvalue weighted by Crippen LogP contribution is 2.15. The quantitative estimate of drug-likeness (QED) is 0.781. The molecule has 5 nitrogen and oxygen atoms in total. The molecule has 1 aromatic carbocycles. The first-order valence-corrected chi connectivity index (χ1v) is 6.51. The number of hydrogen-bond donors (Lipinski definition) is 2. The fraction of sp³-hybridized carbons (Fsp3) is 0.500. The molecule has 118 valence electrons. The summed E-state index contributed by atoms with van der Waals surface area (Å²) in [5, 5.41) is 12.3. The molecule has 0 fully saturated rings. The van der Waals surface area contributed by atoms with Gasteiger partial charge in [-0.3, -0.25) is 9.69 Å². The highest BCUT2D eigenvalue weighted by atomic mass is 19.2. The molecule has 2 atom stereocenters. The fourth-order valence-electron chi connectivity index (χ4n) is 1.42. The second-order valence-corrected chi connectivity index (χ2v) is 4.93. The smallest absolute Gasteiger partial charge is 0.237 e. The van der Waals surface area contributed by atoms with Gasteiger partial charge in [0.25, 0.3) is 0 Å². The van der Waals surface area contributed by atoms with Gasteiger partial charge in [0, 0.05) is 12.6 Å². The Labute approximate surface area is 122 Å². The molecule has 2 N–H and O–H groups in total. The van der Waals surface area contributed by atoms with Crippen molar-refractivity contribution in [2.75, 3.05) is 27.2 Å². The zero-order valence-corrected chi connectivity index (χ0v) is 12.3. The number of ether oxygens (including phenoxy) is 1. The molecule has 0 unspecified atom stereocenters. The molecule has 0 aromatic heterocycles. The maximum Gasteiger partial charge on any atom is 0.237 e. The first-order valence-electron chi connectivity index (χ1n) is 6.51. The average molecular weight is 302 g/mol. The Hall–Kier alpha value is -1.73. The minimum atomic E-state index is -1.02. The van der Waals surface area contributed by atoms with Crippen molar-refractivity contribution in [3.8, 4) is 5.75 Å². The number of nitrogens with one attached hydrogen (secondary N) is 1. The monoisotopic (exact) mass is 302 g/mol. The number of carbonyl (C=O) groups is 1. The molecular formula is C14H20F2N2O3. The molecule has 0 heterocycles. The molecule has 0 aliphatic rings. The summed E-state index contributed by atoms with van der Waals surface area (Å²) in [6.45, 7) is 1.61. The van der Waals surface area contributed by atoms with Gasteiger partial charge in [0.05, 0.1) is 6.04 Å².